The van der Waals surface area contributed by atoms with E-state index in [1.54, 1.807) is 29.3 Å². The van der Waals surface area contributed by atoms with Crippen molar-refractivity contribution in [2.45, 2.75) is 6.92 Å². The average molecular weight is 214 g/mol. The molecule has 0 fully saturated rings. The number of nitrogens with two attached hydrogens (primary N) is 1. The molecule has 0 aliphatic rings. The average Bonchev–Trinajstić information content (AvgIpc) is 2.87. The van der Waals surface area contributed by atoms with Crippen molar-refractivity contribution in [2.75, 3.05) is 5.73 Å². The number of aromatic nitrogens is 5. The van der Waals surface area contributed by atoms with Gasteiger partial charge in [0.05, 0.1) is 17.6 Å². The first-order valence-electron chi connectivity index (χ1n) is 4.86. The molecule has 0 bridgehead atoms. The van der Waals surface area contributed by atoms with Gasteiger partial charge in [0, 0.05) is 12.4 Å². The van der Waals surface area contributed by atoms with E-state index in [0.29, 0.717) is 5.69 Å². The molecule has 0 saturated carbocycles. The van der Waals surface area contributed by atoms with E-state index < -0.39 is 0 Å². The molecule has 6 nitrogen and oxygen atoms in total. The second-order valence-electron chi connectivity index (χ2n) is 3.55. The molecule has 3 aromatic rings. The van der Waals surface area contributed by atoms with Crippen LogP contribution in [0.1, 0.15) is 5.69 Å². The molecule has 0 spiro atoms. The lowest BCUT2D eigenvalue weighted by Crippen LogP contribution is -1.97. The molecule has 16 heavy (non-hydrogen) atoms. The van der Waals surface area contributed by atoms with Crippen molar-refractivity contribution in [1.82, 2.24) is 25.0 Å². The molecule has 0 amide bonds. The Kier molecular flexibility index (Phi) is 1.70. The topological polar surface area (TPSA) is 85.4 Å². The molecular formula is C10H10N6. The molecule has 80 valence electrons. The summed E-state index contributed by atoms with van der Waals surface area (Å²) >= 11 is 0. The molecule has 3 N–H and O–H groups in total. The van der Waals surface area contributed by atoms with E-state index >= 15 is 0 Å². The van der Waals surface area contributed by atoms with E-state index in [1.807, 2.05) is 6.92 Å². The van der Waals surface area contributed by atoms with Gasteiger partial charge in [-0.15, -0.1) is 0 Å². The smallest absolute Gasteiger partial charge is 0.116 e. The predicted molar refractivity (Wildman–Crippen MR) is 60.2 cm³/mol. The molecule has 3 rings (SSSR count). The number of pyridine rings is 1. The highest BCUT2D eigenvalue weighted by molar-refractivity contribution is 5.89. The van der Waals surface area contributed by atoms with Gasteiger partial charge in [-0.25, -0.2) is 4.68 Å². The van der Waals surface area contributed by atoms with Crippen LogP contribution in [-0.4, -0.2) is 25.0 Å². The summed E-state index contributed by atoms with van der Waals surface area (Å²) in [6.45, 7) is 1.91. The van der Waals surface area contributed by atoms with Gasteiger partial charge < -0.3 is 5.73 Å². The summed E-state index contributed by atoms with van der Waals surface area (Å²) < 4.78 is 1.75. The fourth-order valence-electron chi connectivity index (χ4n) is 1.75. The molecule has 0 aromatic carbocycles. The maximum absolute atomic E-state index is 5.95. The Morgan fingerprint density at radius 3 is 3.06 bits per heavy atom. The SMILES string of the molecule is Cc1nn(-c2cn[nH]c2)c2c(N)ccnc12. The van der Waals surface area contributed by atoms with E-state index in [2.05, 4.69) is 20.3 Å². The third kappa shape index (κ3) is 1.10. The minimum Gasteiger partial charge on any atom is -0.397 e. The third-order valence-electron chi connectivity index (χ3n) is 2.49. The highest BCUT2D eigenvalue weighted by Gasteiger charge is 2.12. The van der Waals surface area contributed by atoms with Crippen LogP contribution in [0.3, 0.4) is 0 Å². The lowest BCUT2D eigenvalue weighted by Gasteiger charge is -2.00. The van der Waals surface area contributed by atoms with Gasteiger partial charge in [0.2, 0.25) is 0 Å². The zero-order valence-electron chi connectivity index (χ0n) is 8.68. The quantitative estimate of drug-likeness (QED) is 0.633. The van der Waals surface area contributed by atoms with Gasteiger partial charge in [-0.2, -0.15) is 10.2 Å². The number of aryl methyl sites for hydroxylation is 1. The summed E-state index contributed by atoms with van der Waals surface area (Å²) in [7, 11) is 0. The molecule has 0 radical (unpaired) electrons. The number of hydrogen-bond donors (Lipinski definition) is 2. The van der Waals surface area contributed by atoms with Crippen molar-refractivity contribution >= 4 is 16.7 Å². The van der Waals surface area contributed by atoms with E-state index in [4.69, 9.17) is 5.73 Å². The molecule has 0 aliphatic carbocycles. The Hall–Kier alpha value is -2.37. The van der Waals surface area contributed by atoms with Crippen LogP contribution in [0.15, 0.2) is 24.7 Å². The van der Waals surface area contributed by atoms with Crippen LogP contribution < -0.4 is 5.73 Å². The van der Waals surface area contributed by atoms with Crippen LogP contribution in [-0.2, 0) is 0 Å². The number of anilines is 1. The monoisotopic (exact) mass is 214 g/mol. The highest BCUT2D eigenvalue weighted by Crippen LogP contribution is 2.23. The molecule has 6 heteroatoms. The number of aromatic amines is 1. The number of nitrogens with zero attached hydrogens (tertiary/aromatic N) is 4. The second-order valence-corrected chi connectivity index (χ2v) is 3.55. The van der Waals surface area contributed by atoms with Gasteiger partial charge in [-0.1, -0.05) is 0 Å². The van der Waals surface area contributed by atoms with Gasteiger partial charge in [-0.3, -0.25) is 10.1 Å². The summed E-state index contributed by atoms with van der Waals surface area (Å²) in [5.41, 5.74) is 9.94. The van der Waals surface area contributed by atoms with Crippen LogP contribution in [0, 0.1) is 6.92 Å². The molecule has 0 atom stereocenters. The van der Waals surface area contributed by atoms with Crippen LogP contribution in [0.2, 0.25) is 0 Å². The van der Waals surface area contributed by atoms with Gasteiger partial charge in [0.15, 0.2) is 0 Å². The zero-order valence-corrected chi connectivity index (χ0v) is 8.68. The Labute approximate surface area is 91.1 Å². The maximum atomic E-state index is 5.95. The molecule has 3 heterocycles. The van der Waals surface area contributed by atoms with Crippen molar-refractivity contribution in [1.29, 1.82) is 0 Å². The third-order valence-corrected chi connectivity index (χ3v) is 2.49. The molecule has 0 unspecified atom stereocenters. The van der Waals surface area contributed by atoms with Crippen LogP contribution in [0.25, 0.3) is 16.7 Å². The van der Waals surface area contributed by atoms with E-state index in [9.17, 15) is 0 Å². The van der Waals surface area contributed by atoms with Crippen molar-refractivity contribution in [3.63, 3.8) is 0 Å². The standard InChI is InChI=1S/C10H10N6/c1-6-9-10(8(11)2-3-12-9)16(15-6)7-4-13-14-5-7/h2-5H,1H3,(H2,11,12)(H,13,14). The lowest BCUT2D eigenvalue weighted by molar-refractivity contribution is 0.890. The highest BCUT2D eigenvalue weighted by atomic mass is 15.3. The maximum Gasteiger partial charge on any atom is 0.116 e. The van der Waals surface area contributed by atoms with Gasteiger partial charge >= 0.3 is 0 Å². The lowest BCUT2D eigenvalue weighted by atomic mass is 10.3. The summed E-state index contributed by atoms with van der Waals surface area (Å²) in [5.74, 6) is 0. The predicted octanol–water partition coefficient (Wildman–Crippen LogP) is 1.03. The van der Waals surface area contributed by atoms with E-state index in [-0.39, 0.29) is 0 Å². The number of rotatable bonds is 1. The number of nitrogen functional groups attached to an aromatic ring is 1. The van der Waals surface area contributed by atoms with Gasteiger partial charge in [0.25, 0.3) is 0 Å². The van der Waals surface area contributed by atoms with Gasteiger partial charge in [-0.05, 0) is 13.0 Å². The first-order valence-corrected chi connectivity index (χ1v) is 4.86. The van der Waals surface area contributed by atoms with Crippen molar-refractivity contribution in [2.24, 2.45) is 0 Å². The summed E-state index contributed by atoms with van der Waals surface area (Å²) in [6.07, 6.45) is 5.14. The van der Waals surface area contributed by atoms with Crippen LogP contribution in [0.4, 0.5) is 5.69 Å². The Morgan fingerprint density at radius 1 is 1.44 bits per heavy atom. The van der Waals surface area contributed by atoms with Crippen LogP contribution >= 0.6 is 0 Å². The number of hydrogen-bond acceptors (Lipinski definition) is 4. The first kappa shape index (κ1) is 8.90. The first-order chi connectivity index (χ1) is 7.77. The minimum atomic E-state index is 0.659. The normalized spacial score (nSPS) is 11.1. The van der Waals surface area contributed by atoms with Crippen molar-refractivity contribution < 1.29 is 0 Å². The Balaban J connectivity index is 2.42. The zero-order chi connectivity index (χ0) is 11.1. The van der Waals surface area contributed by atoms with E-state index in [1.165, 1.54) is 0 Å². The minimum absolute atomic E-state index is 0.659. The van der Waals surface area contributed by atoms with Crippen molar-refractivity contribution in [3.8, 4) is 5.69 Å². The second kappa shape index (κ2) is 3.06. The fourth-order valence-corrected chi connectivity index (χ4v) is 1.75. The Morgan fingerprint density at radius 2 is 2.31 bits per heavy atom. The fraction of sp³-hybridized carbons (Fsp3) is 0.100. The van der Waals surface area contributed by atoms with Crippen LogP contribution in [0.5, 0.6) is 0 Å². The Bertz CT molecular complexity index is 637. The summed E-state index contributed by atoms with van der Waals surface area (Å²) in [6, 6.07) is 1.76. The summed E-state index contributed by atoms with van der Waals surface area (Å²) in [4.78, 5) is 4.28. The molecular weight excluding hydrogens is 204 g/mol. The van der Waals surface area contributed by atoms with E-state index in [0.717, 1.165) is 22.4 Å². The van der Waals surface area contributed by atoms with Gasteiger partial charge in [0.1, 0.15) is 16.7 Å². The molecule has 0 saturated heterocycles. The molecule has 0 aliphatic heterocycles. The number of fused-ring (bicyclic) bond motifs is 1. The number of H-pyrrole nitrogens is 1. The largest absolute Gasteiger partial charge is 0.397 e. The summed E-state index contributed by atoms with van der Waals surface area (Å²) in [5, 5.41) is 11.1. The molecule has 3 aromatic heterocycles. The number of nitrogens with one attached hydrogen (secondary N) is 1. The van der Waals surface area contributed by atoms with Crippen molar-refractivity contribution in [3.05, 3.63) is 30.4 Å².